The van der Waals surface area contributed by atoms with Crippen LogP contribution in [0, 0.1) is 6.92 Å². The molecule has 6 heteroatoms. The summed E-state index contributed by atoms with van der Waals surface area (Å²) in [5.74, 6) is -2.28. The predicted molar refractivity (Wildman–Crippen MR) is 85.1 cm³/mol. The van der Waals surface area contributed by atoms with E-state index in [1.165, 1.54) is 6.92 Å². The number of aromatic nitrogens is 1. The molecule has 1 unspecified atom stereocenters. The molecular weight excluding hydrogens is 318 g/mol. The number of carbonyl (C=O) groups excluding carboxylic acids is 1. The lowest BCUT2D eigenvalue weighted by molar-refractivity contribution is -0.149. The molecule has 0 spiro atoms. The number of benzene rings is 1. The van der Waals surface area contributed by atoms with Gasteiger partial charge in [0.1, 0.15) is 0 Å². The first-order valence-corrected chi connectivity index (χ1v) is 7.30. The van der Waals surface area contributed by atoms with Crippen LogP contribution in [0.25, 0.3) is 11.3 Å². The molecule has 1 aromatic heterocycles. The topological polar surface area (TPSA) is 79.7 Å². The van der Waals surface area contributed by atoms with E-state index in [0.29, 0.717) is 16.3 Å². The Kier molecular flexibility index (Phi) is 3.53. The molecule has 1 aliphatic rings. The maximum Gasteiger partial charge on any atom is 0.378 e. The molecule has 5 nitrogen and oxygen atoms in total. The van der Waals surface area contributed by atoms with Crippen molar-refractivity contribution in [2.24, 2.45) is 0 Å². The number of aliphatic hydroxyl groups excluding tert-OH is 2. The number of carbonyl (C=O) groups is 1. The van der Waals surface area contributed by atoms with Crippen molar-refractivity contribution in [1.82, 2.24) is 4.98 Å². The van der Waals surface area contributed by atoms with Crippen LogP contribution >= 0.6 is 11.6 Å². The van der Waals surface area contributed by atoms with Gasteiger partial charge in [-0.2, -0.15) is 0 Å². The average Bonchev–Trinajstić information content (AvgIpc) is 2.73. The van der Waals surface area contributed by atoms with E-state index >= 15 is 0 Å². The third-order valence-electron chi connectivity index (χ3n) is 3.87. The van der Waals surface area contributed by atoms with Gasteiger partial charge in [-0.05, 0) is 31.5 Å². The van der Waals surface area contributed by atoms with Crippen LogP contribution in [0.4, 0.5) is 0 Å². The third kappa shape index (κ3) is 2.43. The van der Waals surface area contributed by atoms with Crippen molar-refractivity contribution in [2.45, 2.75) is 19.4 Å². The first kappa shape index (κ1) is 15.4. The molecule has 0 saturated carbocycles. The van der Waals surface area contributed by atoms with Crippen molar-refractivity contribution in [3.8, 4) is 11.3 Å². The number of nitrogens with zero attached hydrogens (tertiary/aromatic N) is 1. The Bertz CT molecular complexity index is 829. The van der Waals surface area contributed by atoms with Gasteiger partial charge in [0.2, 0.25) is 5.76 Å². The maximum atomic E-state index is 11.4. The SMILES string of the molecule is Cc1ccc(-c2ccc(C3(C)OC(=O)C(O)=C3O)cc2Cl)nc1. The molecule has 118 valence electrons. The van der Waals surface area contributed by atoms with Crippen LogP contribution in [0.15, 0.2) is 48.0 Å². The zero-order valence-corrected chi connectivity index (χ0v) is 13.3. The van der Waals surface area contributed by atoms with Gasteiger partial charge in [-0.25, -0.2) is 4.79 Å². The van der Waals surface area contributed by atoms with E-state index in [4.69, 9.17) is 16.3 Å². The Morgan fingerprint density at radius 1 is 1.22 bits per heavy atom. The second kappa shape index (κ2) is 5.28. The summed E-state index contributed by atoms with van der Waals surface area (Å²) in [7, 11) is 0. The summed E-state index contributed by atoms with van der Waals surface area (Å²) in [5, 5.41) is 19.9. The van der Waals surface area contributed by atoms with Gasteiger partial charge in [0, 0.05) is 17.3 Å². The average molecular weight is 332 g/mol. The Morgan fingerprint density at radius 3 is 2.48 bits per heavy atom. The fourth-order valence-corrected chi connectivity index (χ4v) is 2.72. The van der Waals surface area contributed by atoms with Crippen LogP contribution in [-0.2, 0) is 15.1 Å². The van der Waals surface area contributed by atoms with Gasteiger partial charge in [-0.1, -0.05) is 29.8 Å². The lowest BCUT2D eigenvalue weighted by Gasteiger charge is -2.24. The fraction of sp³-hybridized carbons (Fsp3) is 0.176. The smallest absolute Gasteiger partial charge is 0.378 e. The number of hydrogen-bond acceptors (Lipinski definition) is 5. The number of aryl methyl sites for hydroxylation is 1. The second-order valence-corrected chi connectivity index (χ2v) is 5.94. The van der Waals surface area contributed by atoms with Gasteiger partial charge in [-0.15, -0.1) is 0 Å². The quantitative estimate of drug-likeness (QED) is 0.818. The summed E-state index contributed by atoms with van der Waals surface area (Å²) in [6.07, 6.45) is 1.74. The highest BCUT2D eigenvalue weighted by Crippen LogP contribution is 2.41. The highest BCUT2D eigenvalue weighted by Gasteiger charge is 2.46. The summed E-state index contributed by atoms with van der Waals surface area (Å²) >= 11 is 6.32. The van der Waals surface area contributed by atoms with E-state index < -0.39 is 23.1 Å². The van der Waals surface area contributed by atoms with Gasteiger partial charge in [0.15, 0.2) is 11.4 Å². The number of hydrogen-bond donors (Lipinski definition) is 2. The van der Waals surface area contributed by atoms with Crippen LogP contribution < -0.4 is 0 Å². The highest BCUT2D eigenvalue weighted by molar-refractivity contribution is 6.33. The Balaban J connectivity index is 2.04. The van der Waals surface area contributed by atoms with Gasteiger partial charge in [0.25, 0.3) is 0 Å². The molecule has 0 radical (unpaired) electrons. The normalized spacial score (nSPS) is 20.7. The molecule has 2 aromatic rings. The summed E-state index contributed by atoms with van der Waals surface area (Å²) < 4.78 is 5.09. The monoisotopic (exact) mass is 331 g/mol. The predicted octanol–water partition coefficient (Wildman–Crippen LogP) is 3.81. The standard InChI is InChI=1S/C17H14ClNO4/c1-9-3-6-13(19-8-9)11-5-4-10(7-12(11)18)17(2)15(21)14(20)16(22)23-17/h3-8,20-21H,1-2H3. The molecule has 2 heterocycles. The molecule has 2 N–H and O–H groups in total. The van der Waals surface area contributed by atoms with E-state index in [1.807, 2.05) is 19.1 Å². The van der Waals surface area contributed by atoms with Crippen molar-refractivity contribution in [3.05, 3.63) is 64.2 Å². The molecule has 0 bridgehead atoms. The van der Waals surface area contributed by atoms with E-state index in [9.17, 15) is 15.0 Å². The summed E-state index contributed by atoms with van der Waals surface area (Å²) in [4.78, 5) is 15.8. The molecule has 0 fully saturated rings. The van der Waals surface area contributed by atoms with Crippen LogP contribution in [0.2, 0.25) is 5.02 Å². The molecule has 0 amide bonds. The second-order valence-electron chi connectivity index (χ2n) is 5.54. The Morgan fingerprint density at radius 2 is 1.96 bits per heavy atom. The number of pyridine rings is 1. The molecule has 0 saturated heterocycles. The summed E-state index contributed by atoms with van der Waals surface area (Å²) in [6.45, 7) is 3.43. The van der Waals surface area contributed by atoms with Crippen LogP contribution in [0.5, 0.6) is 0 Å². The Labute approximate surface area is 137 Å². The highest BCUT2D eigenvalue weighted by atomic mass is 35.5. The van der Waals surface area contributed by atoms with E-state index in [0.717, 1.165) is 11.1 Å². The minimum absolute atomic E-state index is 0.398. The largest absolute Gasteiger partial charge is 0.505 e. The van der Waals surface area contributed by atoms with Crippen molar-refractivity contribution >= 4 is 17.6 Å². The van der Waals surface area contributed by atoms with Gasteiger partial charge < -0.3 is 14.9 Å². The maximum absolute atomic E-state index is 11.4. The lowest BCUT2D eigenvalue weighted by atomic mass is 9.93. The zero-order valence-electron chi connectivity index (χ0n) is 12.5. The van der Waals surface area contributed by atoms with Crippen molar-refractivity contribution in [3.63, 3.8) is 0 Å². The van der Waals surface area contributed by atoms with Crippen LogP contribution in [0.3, 0.4) is 0 Å². The minimum atomic E-state index is -1.45. The third-order valence-corrected chi connectivity index (χ3v) is 4.19. The van der Waals surface area contributed by atoms with Crippen LogP contribution in [-0.4, -0.2) is 21.2 Å². The molecule has 23 heavy (non-hydrogen) atoms. The zero-order chi connectivity index (χ0) is 16.8. The molecule has 1 aromatic carbocycles. The number of ether oxygens (including phenoxy) is 1. The van der Waals surface area contributed by atoms with E-state index in [2.05, 4.69) is 4.98 Å². The van der Waals surface area contributed by atoms with Gasteiger partial charge in [-0.3, -0.25) is 4.98 Å². The van der Waals surface area contributed by atoms with Gasteiger partial charge >= 0.3 is 5.97 Å². The van der Waals surface area contributed by atoms with Crippen molar-refractivity contribution in [2.75, 3.05) is 0 Å². The molecule has 1 atom stereocenters. The van der Waals surface area contributed by atoms with Crippen molar-refractivity contribution in [1.29, 1.82) is 0 Å². The fourth-order valence-electron chi connectivity index (χ4n) is 2.45. The first-order valence-electron chi connectivity index (χ1n) is 6.92. The summed E-state index contributed by atoms with van der Waals surface area (Å²) in [5.41, 5.74) is 1.47. The first-order chi connectivity index (χ1) is 10.8. The molecule has 0 aliphatic carbocycles. The number of cyclic esters (lactones) is 1. The van der Waals surface area contributed by atoms with E-state index in [1.54, 1.807) is 24.4 Å². The number of esters is 1. The van der Waals surface area contributed by atoms with Crippen LogP contribution in [0.1, 0.15) is 18.1 Å². The number of aliphatic hydroxyl groups is 2. The van der Waals surface area contributed by atoms with Gasteiger partial charge in [0.05, 0.1) is 10.7 Å². The van der Waals surface area contributed by atoms with E-state index in [-0.39, 0.29) is 0 Å². The number of rotatable bonds is 2. The number of halogens is 1. The lowest BCUT2D eigenvalue weighted by Crippen LogP contribution is -2.25. The molecular formula is C17H14ClNO4. The summed E-state index contributed by atoms with van der Waals surface area (Å²) in [6, 6.07) is 8.78. The Hall–Kier alpha value is -2.53. The molecule has 3 rings (SSSR count). The minimum Gasteiger partial charge on any atom is -0.505 e. The molecule has 1 aliphatic heterocycles. The van der Waals surface area contributed by atoms with Crippen molar-refractivity contribution < 1.29 is 19.7 Å².